The largest absolute Gasteiger partial charge is 0.461 e. The van der Waals surface area contributed by atoms with E-state index in [1.54, 1.807) is 18.3 Å². The zero-order valence-electron chi connectivity index (χ0n) is 13.9. The molecule has 0 aromatic carbocycles. The number of rotatable bonds is 5. The molecule has 0 bridgehead atoms. The number of aromatic nitrogens is 3. The molecule has 0 atom stereocenters. The fourth-order valence-corrected chi connectivity index (χ4v) is 2.61. The van der Waals surface area contributed by atoms with Crippen molar-refractivity contribution in [2.45, 2.75) is 6.54 Å². The summed E-state index contributed by atoms with van der Waals surface area (Å²) in [7, 11) is 0. The highest BCUT2D eigenvalue weighted by Gasteiger charge is 2.16. The van der Waals surface area contributed by atoms with Gasteiger partial charge in [0, 0.05) is 25.4 Å². The van der Waals surface area contributed by atoms with Crippen molar-refractivity contribution in [3.05, 3.63) is 48.2 Å². The van der Waals surface area contributed by atoms with E-state index < -0.39 is 0 Å². The lowest BCUT2D eigenvalue weighted by atomic mass is 10.3. The zero-order chi connectivity index (χ0) is 17.8. The van der Waals surface area contributed by atoms with Crippen LogP contribution in [0.5, 0.6) is 0 Å². The number of ether oxygens (including phenoxy) is 1. The molecular formula is C17H17N5O4. The number of amides is 1. The number of anilines is 1. The van der Waals surface area contributed by atoms with Gasteiger partial charge in [0.05, 0.1) is 26.0 Å². The van der Waals surface area contributed by atoms with Crippen LogP contribution in [0, 0.1) is 0 Å². The van der Waals surface area contributed by atoms with E-state index in [4.69, 9.17) is 13.7 Å². The van der Waals surface area contributed by atoms with Gasteiger partial charge in [0.15, 0.2) is 11.5 Å². The maximum Gasteiger partial charge on any atom is 0.273 e. The highest BCUT2D eigenvalue weighted by atomic mass is 16.5. The number of morpholine rings is 1. The van der Waals surface area contributed by atoms with Crippen LogP contribution >= 0.6 is 0 Å². The van der Waals surface area contributed by atoms with Gasteiger partial charge in [-0.1, -0.05) is 5.16 Å². The van der Waals surface area contributed by atoms with Gasteiger partial charge in [-0.05, 0) is 18.2 Å². The summed E-state index contributed by atoms with van der Waals surface area (Å²) in [6, 6.07) is 6.84. The summed E-state index contributed by atoms with van der Waals surface area (Å²) in [5.74, 6) is 1.89. The Bertz CT molecular complexity index is 871. The highest BCUT2D eigenvalue weighted by molar-refractivity contribution is 5.92. The number of carbonyl (C=O) groups is 1. The highest BCUT2D eigenvalue weighted by Crippen LogP contribution is 2.20. The second-order valence-corrected chi connectivity index (χ2v) is 5.67. The van der Waals surface area contributed by atoms with Crippen LogP contribution in [0.25, 0.3) is 11.5 Å². The van der Waals surface area contributed by atoms with Crippen molar-refractivity contribution in [3.63, 3.8) is 0 Å². The average Bonchev–Trinajstić information content (AvgIpc) is 3.38. The van der Waals surface area contributed by atoms with Gasteiger partial charge in [-0.25, -0.2) is 9.97 Å². The van der Waals surface area contributed by atoms with Crippen molar-refractivity contribution in [1.29, 1.82) is 0 Å². The predicted molar refractivity (Wildman–Crippen MR) is 90.4 cm³/mol. The van der Waals surface area contributed by atoms with E-state index in [2.05, 4.69) is 25.3 Å². The van der Waals surface area contributed by atoms with Crippen molar-refractivity contribution < 1.29 is 18.5 Å². The van der Waals surface area contributed by atoms with Crippen LogP contribution in [0.15, 0.2) is 45.7 Å². The summed E-state index contributed by atoms with van der Waals surface area (Å²) in [6.07, 6.45) is 3.21. The van der Waals surface area contributed by atoms with E-state index in [0.29, 0.717) is 30.6 Å². The second kappa shape index (κ2) is 7.36. The first kappa shape index (κ1) is 16.3. The van der Waals surface area contributed by atoms with Gasteiger partial charge in [-0.2, -0.15) is 0 Å². The van der Waals surface area contributed by atoms with Crippen LogP contribution in [0.4, 0.5) is 5.82 Å². The Balaban J connectivity index is 1.38. The minimum atomic E-state index is -0.369. The van der Waals surface area contributed by atoms with E-state index in [1.165, 1.54) is 12.3 Å². The lowest BCUT2D eigenvalue weighted by Crippen LogP contribution is -2.37. The number of nitrogens with zero attached hydrogens (tertiary/aromatic N) is 4. The molecule has 26 heavy (non-hydrogen) atoms. The topological polar surface area (TPSA) is 107 Å². The summed E-state index contributed by atoms with van der Waals surface area (Å²) in [5.41, 5.74) is 0.167. The van der Waals surface area contributed by atoms with Crippen molar-refractivity contribution >= 4 is 11.7 Å². The molecule has 0 aliphatic carbocycles. The number of nitrogens with one attached hydrogen (secondary N) is 1. The Kier molecular flexibility index (Phi) is 4.61. The molecule has 0 unspecified atom stereocenters. The number of carbonyl (C=O) groups excluding carboxylic acids is 1. The maximum absolute atomic E-state index is 12.2. The van der Waals surface area contributed by atoms with Gasteiger partial charge in [-0.15, -0.1) is 0 Å². The maximum atomic E-state index is 12.2. The minimum Gasteiger partial charge on any atom is -0.461 e. The fourth-order valence-electron chi connectivity index (χ4n) is 2.61. The molecule has 134 valence electrons. The van der Waals surface area contributed by atoms with Gasteiger partial charge >= 0.3 is 0 Å². The third-order valence-corrected chi connectivity index (χ3v) is 3.94. The van der Waals surface area contributed by atoms with E-state index in [-0.39, 0.29) is 18.1 Å². The van der Waals surface area contributed by atoms with Crippen LogP contribution in [-0.4, -0.2) is 47.3 Å². The first-order valence-electron chi connectivity index (χ1n) is 8.23. The number of furan rings is 1. The Morgan fingerprint density at radius 2 is 2.12 bits per heavy atom. The van der Waals surface area contributed by atoms with Gasteiger partial charge < -0.3 is 23.9 Å². The van der Waals surface area contributed by atoms with Crippen molar-refractivity contribution in [3.8, 4) is 11.5 Å². The summed E-state index contributed by atoms with van der Waals surface area (Å²) >= 11 is 0. The molecular weight excluding hydrogens is 338 g/mol. The molecule has 1 saturated heterocycles. The van der Waals surface area contributed by atoms with Crippen molar-refractivity contribution in [1.82, 2.24) is 20.4 Å². The molecule has 0 spiro atoms. The molecule has 1 fully saturated rings. The fraction of sp³-hybridized carbons (Fsp3) is 0.294. The van der Waals surface area contributed by atoms with Crippen LogP contribution in [0.1, 0.15) is 16.3 Å². The van der Waals surface area contributed by atoms with Gasteiger partial charge in [0.1, 0.15) is 11.6 Å². The third kappa shape index (κ3) is 3.57. The zero-order valence-corrected chi connectivity index (χ0v) is 13.9. The summed E-state index contributed by atoms with van der Waals surface area (Å²) < 4.78 is 15.7. The summed E-state index contributed by atoms with van der Waals surface area (Å²) in [4.78, 5) is 23.1. The van der Waals surface area contributed by atoms with Gasteiger partial charge in [-0.3, -0.25) is 4.79 Å². The monoisotopic (exact) mass is 355 g/mol. The second-order valence-electron chi connectivity index (χ2n) is 5.67. The Morgan fingerprint density at radius 1 is 1.23 bits per heavy atom. The summed E-state index contributed by atoms with van der Waals surface area (Å²) in [6.45, 7) is 3.13. The lowest BCUT2D eigenvalue weighted by Gasteiger charge is -2.27. The summed E-state index contributed by atoms with van der Waals surface area (Å²) in [5, 5.41) is 6.51. The average molecular weight is 355 g/mol. The first-order valence-corrected chi connectivity index (χ1v) is 8.23. The minimum absolute atomic E-state index is 0.167. The molecule has 3 aromatic rings. The smallest absolute Gasteiger partial charge is 0.273 e. The number of hydrogen-bond acceptors (Lipinski definition) is 8. The molecule has 1 N–H and O–H groups in total. The molecule has 0 saturated carbocycles. The van der Waals surface area contributed by atoms with Crippen LogP contribution in [0.2, 0.25) is 0 Å². The van der Waals surface area contributed by atoms with E-state index in [9.17, 15) is 4.79 Å². The molecule has 1 aliphatic heterocycles. The molecule has 9 nitrogen and oxygen atoms in total. The molecule has 9 heteroatoms. The quantitative estimate of drug-likeness (QED) is 0.734. The third-order valence-electron chi connectivity index (χ3n) is 3.94. The SMILES string of the molecule is O=C(NCc1nccc(N2CCOCC2)n1)c1cc(-c2ccco2)on1. The standard InChI is InChI=1S/C17H17N5O4/c23-17(12-10-14(26-21-12)13-2-1-7-25-13)19-11-15-18-4-3-16(20-15)22-5-8-24-9-6-22/h1-4,7,10H,5-6,8-9,11H2,(H,19,23). The van der Waals surface area contributed by atoms with Crippen molar-refractivity contribution in [2.75, 3.05) is 31.2 Å². The molecule has 0 radical (unpaired) electrons. The van der Waals surface area contributed by atoms with Gasteiger partial charge in [0.2, 0.25) is 5.76 Å². The Labute approximate surface area is 149 Å². The van der Waals surface area contributed by atoms with E-state index in [0.717, 1.165) is 18.9 Å². The Hall–Kier alpha value is -3.20. The van der Waals surface area contributed by atoms with Crippen LogP contribution in [0.3, 0.4) is 0 Å². The lowest BCUT2D eigenvalue weighted by molar-refractivity contribution is 0.0941. The molecule has 3 aromatic heterocycles. The molecule has 1 aliphatic rings. The Morgan fingerprint density at radius 3 is 2.92 bits per heavy atom. The van der Waals surface area contributed by atoms with Crippen LogP contribution < -0.4 is 10.2 Å². The predicted octanol–water partition coefficient (Wildman–Crippen LogP) is 1.49. The molecule has 1 amide bonds. The van der Waals surface area contributed by atoms with E-state index in [1.807, 2.05) is 6.07 Å². The van der Waals surface area contributed by atoms with Crippen LogP contribution in [-0.2, 0) is 11.3 Å². The number of hydrogen-bond donors (Lipinski definition) is 1. The molecule has 4 heterocycles. The van der Waals surface area contributed by atoms with Gasteiger partial charge in [0.25, 0.3) is 5.91 Å². The van der Waals surface area contributed by atoms with Crippen molar-refractivity contribution in [2.24, 2.45) is 0 Å². The molecule has 4 rings (SSSR count). The van der Waals surface area contributed by atoms with E-state index >= 15 is 0 Å². The first-order chi connectivity index (χ1) is 12.8. The normalized spacial score (nSPS) is 14.4.